The maximum Gasteiger partial charge on any atom is 0.319 e. The molecule has 0 fully saturated rings. The molecule has 1 unspecified atom stereocenters. The largest absolute Gasteiger partial charge is 0.459 e. The fraction of sp³-hybridized carbons (Fsp3) is 0.300. The van der Waals surface area contributed by atoms with Crippen LogP contribution in [0.15, 0.2) is 41.3 Å². The number of benzene rings is 2. The van der Waals surface area contributed by atoms with Crippen molar-refractivity contribution in [2.45, 2.75) is 43.4 Å². The summed E-state index contributed by atoms with van der Waals surface area (Å²) < 4.78 is 32.8. The lowest BCUT2D eigenvalue weighted by Gasteiger charge is -2.22. The number of hydrogen-bond acceptors (Lipinski definition) is 4. The summed E-state index contributed by atoms with van der Waals surface area (Å²) in [5.74, 6) is -2.43. The first-order chi connectivity index (χ1) is 13.0. The number of halogens is 3. The number of esters is 1. The summed E-state index contributed by atoms with van der Waals surface area (Å²) in [7, 11) is 0. The van der Waals surface area contributed by atoms with Crippen LogP contribution in [0.2, 0.25) is 5.02 Å². The SMILES string of the molecule is CC(Sc1cc(NC(=O)c2cccc(F)c2)c(F)cc1Cl)C(=O)OC(C)(C)C. The third kappa shape index (κ3) is 6.21. The van der Waals surface area contributed by atoms with Gasteiger partial charge in [-0.2, -0.15) is 0 Å². The molecule has 0 radical (unpaired) electrons. The van der Waals surface area contributed by atoms with Crippen LogP contribution in [0.1, 0.15) is 38.1 Å². The van der Waals surface area contributed by atoms with E-state index >= 15 is 0 Å². The summed E-state index contributed by atoms with van der Waals surface area (Å²) in [6.07, 6.45) is 0. The fourth-order valence-corrected chi connectivity index (χ4v) is 3.33. The van der Waals surface area contributed by atoms with Crippen LogP contribution >= 0.6 is 23.4 Å². The fourth-order valence-electron chi connectivity index (χ4n) is 2.16. The predicted molar refractivity (Wildman–Crippen MR) is 107 cm³/mol. The summed E-state index contributed by atoms with van der Waals surface area (Å²) >= 11 is 7.17. The van der Waals surface area contributed by atoms with Gasteiger partial charge in [-0.15, -0.1) is 11.8 Å². The molecule has 8 heteroatoms. The van der Waals surface area contributed by atoms with Gasteiger partial charge in [0.05, 0.1) is 10.7 Å². The van der Waals surface area contributed by atoms with Crippen LogP contribution in [0, 0.1) is 11.6 Å². The van der Waals surface area contributed by atoms with Crippen molar-refractivity contribution < 1.29 is 23.1 Å². The molecule has 0 aliphatic rings. The van der Waals surface area contributed by atoms with Crippen molar-refractivity contribution in [1.82, 2.24) is 0 Å². The Morgan fingerprint density at radius 3 is 2.46 bits per heavy atom. The highest BCUT2D eigenvalue weighted by Crippen LogP contribution is 2.35. The van der Waals surface area contributed by atoms with Crippen molar-refractivity contribution in [2.24, 2.45) is 0 Å². The third-order valence-corrected chi connectivity index (χ3v) is 4.96. The molecule has 0 heterocycles. The highest BCUT2D eigenvalue weighted by atomic mass is 35.5. The molecule has 2 aromatic carbocycles. The zero-order chi connectivity index (χ0) is 21.1. The second-order valence-electron chi connectivity index (χ2n) is 7.02. The number of carbonyl (C=O) groups is 2. The molecule has 1 N–H and O–H groups in total. The van der Waals surface area contributed by atoms with E-state index in [2.05, 4.69) is 5.32 Å². The minimum atomic E-state index is -0.746. The average Bonchev–Trinajstić information content (AvgIpc) is 2.57. The Morgan fingerprint density at radius 2 is 1.86 bits per heavy atom. The van der Waals surface area contributed by atoms with E-state index in [9.17, 15) is 18.4 Å². The number of ether oxygens (including phenoxy) is 1. The molecule has 2 aromatic rings. The van der Waals surface area contributed by atoms with E-state index in [4.69, 9.17) is 16.3 Å². The van der Waals surface area contributed by atoms with E-state index in [-0.39, 0.29) is 16.3 Å². The smallest absolute Gasteiger partial charge is 0.319 e. The van der Waals surface area contributed by atoms with Crippen LogP contribution in [-0.2, 0) is 9.53 Å². The minimum Gasteiger partial charge on any atom is -0.459 e. The highest BCUT2D eigenvalue weighted by Gasteiger charge is 2.24. The van der Waals surface area contributed by atoms with Gasteiger partial charge in [0.25, 0.3) is 5.91 Å². The predicted octanol–water partition coefficient (Wildman–Crippen LogP) is 5.69. The van der Waals surface area contributed by atoms with Gasteiger partial charge in [0.2, 0.25) is 0 Å². The minimum absolute atomic E-state index is 0.0469. The van der Waals surface area contributed by atoms with E-state index in [1.165, 1.54) is 24.3 Å². The molecule has 0 aliphatic heterocycles. The Labute approximate surface area is 171 Å². The Balaban J connectivity index is 2.19. The average molecular weight is 428 g/mol. The van der Waals surface area contributed by atoms with Gasteiger partial charge < -0.3 is 10.1 Å². The summed E-state index contributed by atoms with van der Waals surface area (Å²) in [6, 6.07) is 7.42. The highest BCUT2D eigenvalue weighted by molar-refractivity contribution is 8.00. The second kappa shape index (κ2) is 8.92. The van der Waals surface area contributed by atoms with Gasteiger partial charge in [-0.1, -0.05) is 17.7 Å². The Morgan fingerprint density at radius 1 is 1.18 bits per heavy atom. The normalized spacial score (nSPS) is 12.4. The Hall–Kier alpha value is -2.12. The lowest BCUT2D eigenvalue weighted by Crippen LogP contribution is -2.28. The Bertz CT molecular complexity index is 900. The number of hydrogen-bond donors (Lipinski definition) is 1. The molecule has 0 spiro atoms. The standard InChI is InChI=1S/C20H20ClF2NO3S/c1-11(19(26)27-20(2,3)4)28-17-10-16(15(23)9-14(17)21)24-18(25)12-6-5-7-13(22)8-12/h5-11H,1-4H3,(H,24,25). The van der Waals surface area contributed by atoms with Crippen LogP contribution < -0.4 is 5.32 Å². The molecule has 150 valence electrons. The number of nitrogens with one attached hydrogen (secondary N) is 1. The summed E-state index contributed by atoms with van der Waals surface area (Å²) in [5, 5.41) is 1.89. The van der Waals surface area contributed by atoms with Gasteiger partial charge in [0.15, 0.2) is 0 Å². The van der Waals surface area contributed by atoms with Crippen LogP contribution in [0.4, 0.5) is 14.5 Å². The van der Waals surface area contributed by atoms with Crippen LogP contribution in [0.5, 0.6) is 0 Å². The molecule has 1 amide bonds. The van der Waals surface area contributed by atoms with Crippen molar-refractivity contribution in [3.63, 3.8) is 0 Å². The van der Waals surface area contributed by atoms with E-state index in [1.807, 2.05) is 0 Å². The van der Waals surface area contributed by atoms with Gasteiger partial charge in [-0.05, 0) is 58.0 Å². The monoisotopic (exact) mass is 427 g/mol. The summed E-state index contributed by atoms with van der Waals surface area (Å²) in [6.45, 7) is 6.91. The van der Waals surface area contributed by atoms with Gasteiger partial charge in [0.1, 0.15) is 22.5 Å². The van der Waals surface area contributed by atoms with Crippen LogP contribution in [0.3, 0.4) is 0 Å². The van der Waals surface area contributed by atoms with Crippen molar-refractivity contribution in [3.8, 4) is 0 Å². The summed E-state index contributed by atoms with van der Waals surface area (Å²) in [4.78, 5) is 24.8. The van der Waals surface area contributed by atoms with E-state index < -0.39 is 34.4 Å². The molecule has 0 saturated carbocycles. The second-order valence-corrected chi connectivity index (χ2v) is 8.81. The molecular formula is C20H20ClF2NO3S. The third-order valence-electron chi connectivity index (χ3n) is 3.40. The lowest BCUT2D eigenvalue weighted by atomic mass is 10.2. The molecule has 2 rings (SSSR count). The molecule has 28 heavy (non-hydrogen) atoms. The van der Waals surface area contributed by atoms with Crippen LogP contribution in [-0.4, -0.2) is 22.7 Å². The topological polar surface area (TPSA) is 55.4 Å². The number of thioether (sulfide) groups is 1. The van der Waals surface area contributed by atoms with Gasteiger partial charge >= 0.3 is 5.97 Å². The number of anilines is 1. The van der Waals surface area contributed by atoms with Gasteiger partial charge in [0, 0.05) is 10.5 Å². The molecule has 4 nitrogen and oxygen atoms in total. The van der Waals surface area contributed by atoms with E-state index in [0.29, 0.717) is 4.90 Å². The molecular weight excluding hydrogens is 408 g/mol. The van der Waals surface area contributed by atoms with Gasteiger partial charge in [-0.3, -0.25) is 9.59 Å². The summed E-state index contributed by atoms with van der Waals surface area (Å²) in [5.41, 5.74) is -0.717. The first-order valence-electron chi connectivity index (χ1n) is 8.42. The zero-order valence-corrected chi connectivity index (χ0v) is 17.4. The molecule has 0 aromatic heterocycles. The number of rotatable bonds is 5. The van der Waals surface area contributed by atoms with Gasteiger partial charge in [-0.25, -0.2) is 8.78 Å². The van der Waals surface area contributed by atoms with Crippen LogP contribution in [0.25, 0.3) is 0 Å². The molecule has 0 saturated heterocycles. The molecule has 1 atom stereocenters. The Kier molecular flexibility index (Phi) is 7.06. The zero-order valence-electron chi connectivity index (χ0n) is 15.8. The lowest BCUT2D eigenvalue weighted by molar-refractivity contribution is -0.153. The first kappa shape index (κ1) is 22.2. The van der Waals surface area contributed by atoms with Crippen molar-refractivity contribution in [3.05, 3.63) is 58.6 Å². The first-order valence-corrected chi connectivity index (χ1v) is 9.67. The maximum atomic E-state index is 14.2. The van der Waals surface area contributed by atoms with E-state index in [1.54, 1.807) is 27.7 Å². The number of carbonyl (C=O) groups excluding carboxylic acids is 2. The maximum absolute atomic E-state index is 14.2. The molecule has 0 bridgehead atoms. The number of amides is 1. The van der Waals surface area contributed by atoms with E-state index in [0.717, 1.165) is 23.9 Å². The van der Waals surface area contributed by atoms with Crippen molar-refractivity contribution in [1.29, 1.82) is 0 Å². The van der Waals surface area contributed by atoms with Crippen molar-refractivity contribution in [2.75, 3.05) is 5.32 Å². The molecule has 0 aliphatic carbocycles. The van der Waals surface area contributed by atoms with Crippen molar-refractivity contribution >= 4 is 40.9 Å². The quantitative estimate of drug-likeness (QED) is 0.491.